The molecule has 25 heavy (non-hydrogen) atoms. The van der Waals surface area contributed by atoms with Crippen LogP contribution in [0.2, 0.25) is 0 Å². The first kappa shape index (κ1) is 17.7. The van der Waals surface area contributed by atoms with Gasteiger partial charge in [0.15, 0.2) is 5.82 Å². The van der Waals surface area contributed by atoms with Gasteiger partial charge in [-0.05, 0) is 25.1 Å². The summed E-state index contributed by atoms with van der Waals surface area (Å²) in [4.78, 5) is 13.3. The maximum atomic E-state index is 9.17. The van der Waals surface area contributed by atoms with E-state index in [4.69, 9.17) is 16.0 Å². The SMILES string of the molecule is N#CC1=CN(/C(=C\N)c2nccc(N3CCCNCC3)n2)C(I)C=C1. The molecule has 3 rings (SSSR count). The van der Waals surface area contributed by atoms with Crippen LogP contribution in [0.1, 0.15) is 12.2 Å². The standard InChI is InChI=1S/C17H20IN7/c18-15-3-2-13(10-19)12-25(15)14(11-20)17-22-6-4-16(23-17)24-8-1-5-21-7-9-24/h2-4,6,11-12,15,21H,1,5,7-9,20H2/b14-11-. The number of allylic oxidation sites excluding steroid dienone is 2. The maximum Gasteiger partial charge on any atom is 0.179 e. The van der Waals surface area contributed by atoms with Crippen molar-refractivity contribution in [3.05, 3.63) is 48.2 Å². The Morgan fingerprint density at radius 1 is 1.44 bits per heavy atom. The Labute approximate surface area is 161 Å². The molecule has 0 spiro atoms. The van der Waals surface area contributed by atoms with Crippen molar-refractivity contribution in [1.29, 1.82) is 5.26 Å². The summed E-state index contributed by atoms with van der Waals surface area (Å²) < 4.78 is 0.0409. The summed E-state index contributed by atoms with van der Waals surface area (Å²) in [7, 11) is 0. The van der Waals surface area contributed by atoms with Crippen molar-refractivity contribution in [3.8, 4) is 6.07 Å². The van der Waals surface area contributed by atoms with Crippen LogP contribution in [0.4, 0.5) is 5.82 Å². The molecule has 2 aliphatic rings. The third-order valence-corrected chi connectivity index (χ3v) is 5.09. The molecule has 1 aromatic heterocycles. The monoisotopic (exact) mass is 449 g/mol. The molecule has 7 nitrogen and oxygen atoms in total. The third kappa shape index (κ3) is 4.11. The molecule has 1 unspecified atom stereocenters. The first-order valence-corrected chi connectivity index (χ1v) is 9.41. The lowest BCUT2D eigenvalue weighted by atomic mass is 10.2. The average Bonchev–Trinajstić information content (AvgIpc) is 2.93. The minimum absolute atomic E-state index is 0.0409. The molecular weight excluding hydrogens is 429 g/mol. The van der Waals surface area contributed by atoms with Crippen LogP contribution in [0, 0.1) is 11.3 Å². The van der Waals surface area contributed by atoms with E-state index < -0.39 is 0 Å². The number of nitrogens with zero attached hydrogens (tertiary/aromatic N) is 5. The van der Waals surface area contributed by atoms with Crippen LogP contribution in [0.25, 0.3) is 5.70 Å². The molecule has 0 amide bonds. The highest BCUT2D eigenvalue weighted by Gasteiger charge is 2.22. The zero-order valence-corrected chi connectivity index (χ0v) is 15.9. The second kappa shape index (κ2) is 8.31. The minimum Gasteiger partial charge on any atom is -0.403 e. The fourth-order valence-electron chi connectivity index (χ4n) is 2.81. The van der Waals surface area contributed by atoms with Gasteiger partial charge in [0.05, 0.1) is 5.57 Å². The first-order valence-electron chi connectivity index (χ1n) is 8.16. The van der Waals surface area contributed by atoms with E-state index in [0.29, 0.717) is 17.1 Å². The fourth-order valence-corrected chi connectivity index (χ4v) is 3.48. The Bertz CT molecular complexity index is 742. The summed E-state index contributed by atoms with van der Waals surface area (Å²) in [6, 6.07) is 4.09. The van der Waals surface area contributed by atoms with Crippen molar-refractivity contribution in [2.24, 2.45) is 5.73 Å². The Morgan fingerprint density at radius 3 is 3.12 bits per heavy atom. The number of nitriles is 1. The van der Waals surface area contributed by atoms with E-state index >= 15 is 0 Å². The smallest absolute Gasteiger partial charge is 0.179 e. The van der Waals surface area contributed by atoms with Gasteiger partial charge in [-0.3, -0.25) is 0 Å². The average molecular weight is 449 g/mol. The van der Waals surface area contributed by atoms with Gasteiger partial charge in [-0.2, -0.15) is 5.26 Å². The Hall–Kier alpha value is -2.12. The fraction of sp³-hybridized carbons (Fsp3) is 0.353. The molecule has 1 fully saturated rings. The van der Waals surface area contributed by atoms with Gasteiger partial charge in [-0.15, -0.1) is 0 Å². The highest BCUT2D eigenvalue weighted by molar-refractivity contribution is 14.1. The van der Waals surface area contributed by atoms with Gasteiger partial charge in [-0.1, -0.05) is 28.7 Å². The number of nitrogens with two attached hydrogens (primary N) is 1. The van der Waals surface area contributed by atoms with Crippen molar-refractivity contribution in [3.63, 3.8) is 0 Å². The zero-order chi connectivity index (χ0) is 17.6. The van der Waals surface area contributed by atoms with E-state index in [1.807, 2.05) is 23.1 Å². The van der Waals surface area contributed by atoms with Crippen LogP contribution in [0.3, 0.4) is 0 Å². The number of anilines is 1. The van der Waals surface area contributed by atoms with Gasteiger partial charge in [0.1, 0.15) is 21.6 Å². The van der Waals surface area contributed by atoms with Crippen molar-refractivity contribution in [1.82, 2.24) is 20.2 Å². The van der Waals surface area contributed by atoms with Crippen LogP contribution in [0.15, 0.2) is 42.4 Å². The zero-order valence-electron chi connectivity index (χ0n) is 13.8. The summed E-state index contributed by atoms with van der Waals surface area (Å²) in [5, 5.41) is 12.6. The van der Waals surface area contributed by atoms with Crippen LogP contribution >= 0.6 is 22.6 Å². The lowest BCUT2D eigenvalue weighted by molar-refractivity contribution is 0.557. The summed E-state index contributed by atoms with van der Waals surface area (Å²) in [6.45, 7) is 3.85. The Balaban J connectivity index is 1.89. The van der Waals surface area contributed by atoms with Crippen LogP contribution in [-0.4, -0.2) is 45.1 Å². The Morgan fingerprint density at radius 2 is 2.32 bits per heavy atom. The minimum atomic E-state index is 0.0409. The van der Waals surface area contributed by atoms with E-state index in [1.165, 1.54) is 6.20 Å². The molecule has 0 aromatic carbocycles. The first-order chi connectivity index (χ1) is 12.2. The van der Waals surface area contributed by atoms with Crippen LogP contribution in [0.5, 0.6) is 0 Å². The third-order valence-electron chi connectivity index (χ3n) is 4.08. The number of alkyl halides is 1. The molecule has 0 radical (unpaired) electrons. The second-order valence-corrected chi connectivity index (χ2v) is 6.99. The van der Waals surface area contributed by atoms with Gasteiger partial charge < -0.3 is 20.9 Å². The number of halogens is 1. The highest BCUT2D eigenvalue weighted by Crippen LogP contribution is 2.28. The molecule has 1 atom stereocenters. The maximum absolute atomic E-state index is 9.17. The molecule has 3 heterocycles. The summed E-state index contributed by atoms with van der Waals surface area (Å²) >= 11 is 2.28. The number of nitrogens with one attached hydrogen (secondary N) is 1. The van der Waals surface area contributed by atoms with Gasteiger partial charge >= 0.3 is 0 Å². The molecule has 1 aromatic rings. The van der Waals surface area contributed by atoms with E-state index in [-0.39, 0.29) is 4.05 Å². The molecule has 2 aliphatic heterocycles. The predicted molar refractivity (Wildman–Crippen MR) is 106 cm³/mol. The molecular formula is C17H20IN7. The predicted octanol–water partition coefficient (Wildman–Crippen LogP) is 1.57. The van der Waals surface area contributed by atoms with E-state index in [0.717, 1.165) is 38.4 Å². The Kier molecular flexibility index (Phi) is 5.88. The quantitative estimate of drug-likeness (QED) is 0.411. The van der Waals surface area contributed by atoms with E-state index in [2.05, 4.69) is 43.9 Å². The molecule has 0 aliphatic carbocycles. The highest BCUT2D eigenvalue weighted by atomic mass is 127. The van der Waals surface area contributed by atoms with Crippen molar-refractivity contribution in [2.75, 3.05) is 31.1 Å². The van der Waals surface area contributed by atoms with Gasteiger partial charge in [0.2, 0.25) is 0 Å². The van der Waals surface area contributed by atoms with E-state index in [1.54, 1.807) is 12.4 Å². The van der Waals surface area contributed by atoms with E-state index in [9.17, 15) is 0 Å². The van der Waals surface area contributed by atoms with Crippen molar-refractivity contribution >= 4 is 34.1 Å². The summed E-state index contributed by atoms with van der Waals surface area (Å²) in [5.41, 5.74) is 7.15. The van der Waals surface area contributed by atoms with Gasteiger partial charge in [0.25, 0.3) is 0 Å². The number of rotatable bonds is 3. The molecule has 8 heteroatoms. The van der Waals surface area contributed by atoms with Gasteiger partial charge in [-0.25, -0.2) is 9.97 Å². The van der Waals surface area contributed by atoms with Crippen molar-refractivity contribution in [2.45, 2.75) is 10.5 Å². The lowest BCUT2D eigenvalue weighted by Gasteiger charge is -2.29. The largest absolute Gasteiger partial charge is 0.403 e. The number of aromatic nitrogens is 2. The molecule has 0 saturated carbocycles. The molecule has 1 saturated heterocycles. The summed E-state index contributed by atoms with van der Waals surface area (Å²) in [6.07, 6.45) is 9.88. The molecule has 130 valence electrons. The lowest BCUT2D eigenvalue weighted by Crippen LogP contribution is -2.30. The molecule has 3 N–H and O–H groups in total. The number of hydrogen-bond acceptors (Lipinski definition) is 7. The molecule has 0 bridgehead atoms. The topological polar surface area (TPSA) is 94.1 Å². The summed E-state index contributed by atoms with van der Waals surface area (Å²) in [5.74, 6) is 1.46. The number of hydrogen-bond donors (Lipinski definition) is 2. The second-order valence-electron chi connectivity index (χ2n) is 5.72. The van der Waals surface area contributed by atoms with Gasteiger partial charge in [0, 0.05) is 38.2 Å². The van der Waals surface area contributed by atoms with Crippen LogP contribution < -0.4 is 16.0 Å². The van der Waals surface area contributed by atoms with Crippen LogP contribution in [-0.2, 0) is 0 Å². The van der Waals surface area contributed by atoms with Crippen molar-refractivity contribution < 1.29 is 0 Å². The normalized spacial score (nSPS) is 21.5.